The van der Waals surface area contributed by atoms with Gasteiger partial charge >= 0.3 is 0 Å². The highest BCUT2D eigenvalue weighted by Crippen LogP contribution is 2.12. The van der Waals surface area contributed by atoms with Crippen LogP contribution < -0.4 is 5.32 Å². The monoisotopic (exact) mass is 684 g/mol. The third-order valence-electron chi connectivity index (χ3n) is 9.20. The minimum absolute atomic E-state index is 0.0884. The topological polar surface area (TPSA) is 69.6 Å². The molecule has 0 radical (unpaired) electrons. The highest BCUT2D eigenvalue weighted by molar-refractivity contribution is 5.76. The highest BCUT2D eigenvalue weighted by Gasteiger charge is 2.17. The molecule has 0 saturated heterocycles. The van der Waals surface area contributed by atoms with Crippen molar-refractivity contribution in [3.8, 4) is 0 Å². The van der Waals surface area contributed by atoms with Gasteiger partial charge in [0.25, 0.3) is 0 Å². The van der Waals surface area contributed by atoms with Crippen LogP contribution in [0.25, 0.3) is 0 Å². The van der Waals surface area contributed by atoms with Crippen LogP contribution in [0.4, 0.5) is 0 Å². The van der Waals surface area contributed by atoms with E-state index in [-0.39, 0.29) is 12.5 Å². The summed E-state index contributed by atoms with van der Waals surface area (Å²) in [5.74, 6) is -0.0884. The van der Waals surface area contributed by atoms with Gasteiger partial charge in [-0.05, 0) is 77.0 Å². The molecule has 284 valence electrons. The van der Waals surface area contributed by atoms with Crippen molar-refractivity contribution >= 4 is 5.91 Å². The number of rotatable bonds is 37. The van der Waals surface area contributed by atoms with Crippen LogP contribution in [0.2, 0.25) is 0 Å². The lowest BCUT2D eigenvalue weighted by molar-refractivity contribution is -0.123. The quantitative estimate of drug-likeness (QED) is 0.0451. The van der Waals surface area contributed by atoms with Crippen molar-refractivity contribution in [3.63, 3.8) is 0 Å². The van der Waals surface area contributed by atoms with Crippen LogP contribution in [0, 0.1) is 0 Å². The Hall–Kier alpha value is -1.91. The van der Waals surface area contributed by atoms with Crippen LogP contribution in [-0.2, 0) is 4.79 Å². The normalized spacial score (nSPS) is 13.6. The molecule has 3 N–H and O–H groups in total. The molecule has 0 heterocycles. The third-order valence-corrected chi connectivity index (χ3v) is 9.20. The van der Waals surface area contributed by atoms with Crippen molar-refractivity contribution in [2.45, 2.75) is 212 Å². The molecule has 0 spiro atoms. The fourth-order valence-corrected chi connectivity index (χ4v) is 5.94. The molecule has 0 rings (SSSR count). The maximum atomic E-state index is 12.4. The van der Waals surface area contributed by atoms with Gasteiger partial charge in [0.1, 0.15) is 0 Å². The zero-order chi connectivity index (χ0) is 35.7. The van der Waals surface area contributed by atoms with E-state index in [1.54, 1.807) is 6.08 Å². The van der Waals surface area contributed by atoms with Gasteiger partial charge < -0.3 is 15.5 Å². The Bertz CT molecular complexity index is 827. The van der Waals surface area contributed by atoms with Crippen LogP contribution in [0.1, 0.15) is 200 Å². The second kappa shape index (κ2) is 40.5. The smallest absolute Gasteiger partial charge is 0.220 e. The molecule has 0 aliphatic heterocycles. The first kappa shape index (κ1) is 47.1. The van der Waals surface area contributed by atoms with E-state index in [1.807, 2.05) is 6.08 Å². The zero-order valence-electron chi connectivity index (χ0n) is 32.4. The summed E-state index contributed by atoms with van der Waals surface area (Å²) in [6, 6.07) is -0.650. The lowest BCUT2D eigenvalue weighted by Crippen LogP contribution is -2.45. The standard InChI is InChI=1S/C45H81NO3/c1-3-5-7-9-11-13-15-17-19-20-21-22-23-24-25-26-27-29-31-33-35-37-39-41-45(49)46-43(42-47)44(48)40-38-36-34-32-30-28-18-16-14-12-10-8-6-4-2/h14,16,21-22,24-25,30,32,38,40,43-44,47-48H,3-13,15,17-20,23,26-29,31,33-37,39,41-42H2,1-2H3,(H,46,49)/b16-14+,22-21-,25-24-,32-30+,40-38+. The first-order chi connectivity index (χ1) is 24.2. The molecule has 0 saturated carbocycles. The van der Waals surface area contributed by atoms with Crippen molar-refractivity contribution in [2.75, 3.05) is 6.61 Å². The van der Waals surface area contributed by atoms with Crippen molar-refractivity contribution in [3.05, 3.63) is 60.8 Å². The minimum Gasteiger partial charge on any atom is -0.394 e. The predicted octanol–water partition coefficient (Wildman–Crippen LogP) is 13.0. The van der Waals surface area contributed by atoms with Gasteiger partial charge in [0, 0.05) is 6.42 Å². The highest BCUT2D eigenvalue weighted by atomic mass is 16.3. The number of amides is 1. The maximum Gasteiger partial charge on any atom is 0.220 e. The summed E-state index contributed by atoms with van der Waals surface area (Å²) in [6.07, 6.45) is 56.1. The Morgan fingerprint density at radius 3 is 1.33 bits per heavy atom. The molecule has 4 heteroatoms. The molecular formula is C45H81NO3. The van der Waals surface area contributed by atoms with E-state index < -0.39 is 12.1 Å². The maximum absolute atomic E-state index is 12.4. The van der Waals surface area contributed by atoms with E-state index in [0.717, 1.165) is 51.4 Å². The molecule has 0 aliphatic carbocycles. The second-order valence-corrected chi connectivity index (χ2v) is 14.0. The Kier molecular flexibility index (Phi) is 38.9. The number of carbonyl (C=O) groups excluding carboxylic acids is 1. The average Bonchev–Trinajstić information content (AvgIpc) is 3.10. The van der Waals surface area contributed by atoms with Gasteiger partial charge in [0.15, 0.2) is 0 Å². The Morgan fingerprint density at radius 2 is 0.857 bits per heavy atom. The lowest BCUT2D eigenvalue weighted by Gasteiger charge is -2.19. The van der Waals surface area contributed by atoms with E-state index in [4.69, 9.17) is 0 Å². The van der Waals surface area contributed by atoms with E-state index >= 15 is 0 Å². The number of aliphatic hydroxyl groups is 2. The van der Waals surface area contributed by atoms with Gasteiger partial charge in [0.2, 0.25) is 5.91 Å². The fourth-order valence-electron chi connectivity index (χ4n) is 5.94. The molecule has 0 fully saturated rings. The molecule has 2 atom stereocenters. The van der Waals surface area contributed by atoms with Gasteiger partial charge in [-0.2, -0.15) is 0 Å². The summed E-state index contributed by atoms with van der Waals surface area (Å²) in [5, 5.41) is 22.9. The first-order valence-electron chi connectivity index (χ1n) is 21.0. The van der Waals surface area contributed by atoms with Crippen LogP contribution in [0.3, 0.4) is 0 Å². The van der Waals surface area contributed by atoms with Crippen molar-refractivity contribution in [1.82, 2.24) is 5.32 Å². The largest absolute Gasteiger partial charge is 0.394 e. The van der Waals surface area contributed by atoms with Gasteiger partial charge in [-0.3, -0.25) is 4.79 Å². The lowest BCUT2D eigenvalue weighted by atomic mass is 10.1. The average molecular weight is 684 g/mol. The number of hydrogen-bond donors (Lipinski definition) is 3. The second-order valence-electron chi connectivity index (χ2n) is 14.0. The number of aliphatic hydroxyl groups excluding tert-OH is 2. The van der Waals surface area contributed by atoms with Crippen LogP contribution in [-0.4, -0.2) is 34.9 Å². The summed E-state index contributed by atoms with van der Waals surface area (Å²) in [4.78, 5) is 12.4. The number of unbranched alkanes of at least 4 members (excludes halogenated alkanes) is 22. The number of nitrogens with one attached hydrogen (secondary N) is 1. The SMILES string of the molecule is CCCCCC/C=C/CC/C=C/CC/C=C/C(O)C(CO)NC(=O)CCCCCCCCC/C=C\C/C=C\CCCCCCCCCCC. The Labute approximate surface area is 305 Å². The Balaban J connectivity index is 3.65. The zero-order valence-corrected chi connectivity index (χ0v) is 32.4. The van der Waals surface area contributed by atoms with E-state index in [1.165, 1.54) is 128 Å². The number of allylic oxidation sites excluding steroid dienone is 9. The third kappa shape index (κ3) is 37.2. The molecule has 4 nitrogen and oxygen atoms in total. The summed E-state index contributed by atoms with van der Waals surface area (Å²) < 4.78 is 0. The molecule has 0 aromatic carbocycles. The molecule has 0 aromatic rings. The number of hydrogen-bond acceptors (Lipinski definition) is 3. The first-order valence-corrected chi connectivity index (χ1v) is 21.0. The molecule has 0 aliphatic rings. The molecule has 0 aromatic heterocycles. The molecule has 0 bridgehead atoms. The predicted molar refractivity (Wildman–Crippen MR) is 216 cm³/mol. The van der Waals surface area contributed by atoms with Crippen LogP contribution in [0.5, 0.6) is 0 Å². The summed E-state index contributed by atoms with van der Waals surface area (Å²) in [7, 11) is 0. The number of carbonyl (C=O) groups is 1. The van der Waals surface area contributed by atoms with E-state index in [9.17, 15) is 15.0 Å². The summed E-state index contributed by atoms with van der Waals surface area (Å²) in [5.41, 5.74) is 0. The van der Waals surface area contributed by atoms with Crippen molar-refractivity contribution in [1.29, 1.82) is 0 Å². The van der Waals surface area contributed by atoms with Gasteiger partial charge in [-0.15, -0.1) is 0 Å². The molecular weight excluding hydrogens is 602 g/mol. The molecule has 2 unspecified atom stereocenters. The van der Waals surface area contributed by atoms with Crippen LogP contribution >= 0.6 is 0 Å². The molecule has 49 heavy (non-hydrogen) atoms. The van der Waals surface area contributed by atoms with E-state index in [0.29, 0.717) is 6.42 Å². The minimum atomic E-state index is -0.874. The van der Waals surface area contributed by atoms with Gasteiger partial charge in [0.05, 0.1) is 18.8 Å². The van der Waals surface area contributed by atoms with E-state index in [2.05, 4.69) is 67.8 Å². The van der Waals surface area contributed by atoms with Crippen LogP contribution in [0.15, 0.2) is 60.8 Å². The molecule has 1 amide bonds. The van der Waals surface area contributed by atoms with Crippen molar-refractivity contribution < 1.29 is 15.0 Å². The summed E-state index contributed by atoms with van der Waals surface area (Å²) >= 11 is 0. The summed E-state index contributed by atoms with van der Waals surface area (Å²) in [6.45, 7) is 4.26. The van der Waals surface area contributed by atoms with Gasteiger partial charge in [-0.25, -0.2) is 0 Å². The Morgan fingerprint density at radius 1 is 0.490 bits per heavy atom. The van der Waals surface area contributed by atoms with Gasteiger partial charge in [-0.1, -0.05) is 177 Å². The fraction of sp³-hybridized carbons (Fsp3) is 0.756. The van der Waals surface area contributed by atoms with Crippen molar-refractivity contribution in [2.24, 2.45) is 0 Å².